The van der Waals surface area contributed by atoms with Crippen molar-refractivity contribution in [2.45, 2.75) is 13.5 Å². The van der Waals surface area contributed by atoms with Gasteiger partial charge in [0.2, 0.25) is 18.6 Å². The van der Waals surface area contributed by atoms with Crippen molar-refractivity contribution in [3.8, 4) is 11.5 Å². The molecule has 0 unspecified atom stereocenters. The topological polar surface area (TPSA) is 59.1 Å². The summed E-state index contributed by atoms with van der Waals surface area (Å²) in [6.45, 7) is 2.01. The van der Waals surface area contributed by atoms with Crippen LogP contribution >= 0.6 is 0 Å². The molecular formula is C19H20N2O4. The number of hydrogen-bond acceptors (Lipinski definition) is 4. The van der Waals surface area contributed by atoms with Gasteiger partial charge < -0.3 is 19.3 Å². The molecule has 0 saturated heterocycles. The summed E-state index contributed by atoms with van der Waals surface area (Å²) < 4.78 is 10.6. The van der Waals surface area contributed by atoms with E-state index in [4.69, 9.17) is 9.47 Å². The van der Waals surface area contributed by atoms with E-state index in [1.807, 2.05) is 48.5 Å². The average molecular weight is 340 g/mol. The molecule has 6 nitrogen and oxygen atoms in total. The van der Waals surface area contributed by atoms with Gasteiger partial charge >= 0.3 is 0 Å². The Labute approximate surface area is 146 Å². The summed E-state index contributed by atoms with van der Waals surface area (Å²) in [5, 5.41) is 0. The first kappa shape index (κ1) is 16.8. The molecular weight excluding hydrogens is 320 g/mol. The van der Waals surface area contributed by atoms with Gasteiger partial charge in [-0.15, -0.1) is 0 Å². The van der Waals surface area contributed by atoms with Crippen LogP contribution in [-0.4, -0.2) is 37.1 Å². The van der Waals surface area contributed by atoms with E-state index in [-0.39, 0.29) is 25.2 Å². The summed E-state index contributed by atoms with van der Waals surface area (Å²) in [4.78, 5) is 27.6. The van der Waals surface area contributed by atoms with Gasteiger partial charge in [-0.25, -0.2) is 0 Å². The Morgan fingerprint density at radius 3 is 2.48 bits per heavy atom. The van der Waals surface area contributed by atoms with Crippen LogP contribution in [0.4, 0.5) is 5.69 Å². The molecule has 25 heavy (non-hydrogen) atoms. The maximum absolute atomic E-state index is 12.5. The van der Waals surface area contributed by atoms with Crippen LogP contribution in [0.1, 0.15) is 12.5 Å². The Morgan fingerprint density at radius 2 is 1.76 bits per heavy atom. The molecule has 0 radical (unpaired) electrons. The zero-order valence-corrected chi connectivity index (χ0v) is 14.3. The number of amides is 2. The fourth-order valence-corrected chi connectivity index (χ4v) is 2.60. The van der Waals surface area contributed by atoms with E-state index >= 15 is 0 Å². The Bertz CT molecular complexity index is 776. The van der Waals surface area contributed by atoms with Crippen LogP contribution in [-0.2, 0) is 16.1 Å². The summed E-state index contributed by atoms with van der Waals surface area (Å²) in [6, 6.07) is 14.9. The molecule has 1 heterocycles. The van der Waals surface area contributed by atoms with Gasteiger partial charge in [-0.1, -0.05) is 24.3 Å². The van der Waals surface area contributed by atoms with Gasteiger partial charge in [0.1, 0.15) is 6.54 Å². The SMILES string of the molecule is CC(=O)N(CC(=O)N(C)c1ccccc1)Cc1ccc2c(c1)OCO2. The number of para-hydroxylation sites is 1. The third kappa shape index (κ3) is 3.91. The van der Waals surface area contributed by atoms with Gasteiger partial charge in [0.25, 0.3) is 0 Å². The molecule has 3 rings (SSSR count). The van der Waals surface area contributed by atoms with Crippen molar-refractivity contribution in [1.29, 1.82) is 0 Å². The van der Waals surface area contributed by atoms with Gasteiger partial charge in [-0.05, 0) is 29.8 Å². The van der Waals surface area contributed by atoms with Crippen molar-refractivity contribution < 1.29 is 19.1 Å². The highest BCUT2D eigenvalue weighted by Crippen LogP contribution is 2.32. The van der Waals surface area contributed by atoms with Crippen molar-refractivity contribution in [3.05, 3.63) is 54.1 Å². The van der Waals surface area contributed by atoms with Gasteiger partial charge in [0.05, 0.1) is 0 Å². The number of hydrogen-bond donors (Lipinski definition) is 0. The van der Waals surface area contributed by atoms with Crippen LogP contribution in [0.15, 0.2) is 48.5 Å². The molecule has 0 spiro atoms. The number of rotatable bonds is 5. The van der Waals surface area contributed by atoms with Crippen LogP contribution in [0, 0.1) is 0 Å². The molecule has 0 bridgehead atoms. The molecule has 0 atom stereocenters. The molecule has 1 aliphatic heterocycles. The molecule has 2 aromatic carbocycles. The quantitative estimate of drug-likeness (QED) is 0.839. The lowest BCUT2D eigenvalue weighted by Crippen LogP contribution is -2.40. The molecule has 2 amide bonds. The first-order chi connectivity index (χ1) is 12.0. The van der Waals surface area contributed by atoms with E-state index < -0.39 is 0 Å². The van der Waals surface area contributed by atoms with E-state index in [2.05, 4.69) is 0 Å². The second-order valence-corrected chi connectivity index (χ2v) is 5.85. The van der Waals surface area contributed by atoms with E-state index in [1.54, 1.807) is 11.9 Å². The number of benzene rings is 2. The Morgan fingerprint density at radius 1 is 1.04 bits per heavy atom. The Hall–Kier alpha value is -3.02. The van der Waals surface area contributed by atoms with Gasteiger partial charge in [-0.2, -0.15) is 0 Å². The molecule has 0 aliphatic carbocycles. The van der Waals surface area contributed by atoms with Gasteiger partial charge in [0, 0.05) is 26.2 Å². The zero-order chi connectivity index (χ0) is 17.8. The first-order valence-corrected chi connectivity index (χ1v) is 8.00. The molecule has 130 valence electrons. The molecule has 6 heteroatoms. The largest absolute Gasteiger partial charge is 0.454 e. The third-order valence-electron chi connectivity index (χ3n) is 4.10. The molecule has 0 saturated carbocycles. The number of carbonyl (C=O) groups is 2. The number of ether oxygens (including phenoxy) is 2. The zero-order valence-electron chi connectivity index (χ0n) is 14.3. The minimum absolute atomic E-state index is 0.00910. The Kier molecular flexibility index (Phi) is 4.88. The van der Waals surface area contributed by atoms with Gasteiger partial charge in [0.15, 0.2) is 11.5 Å². The molecule has 0 N–H and O–H groups in total. The van der Waals surface area contributed by atoms with E-state index in [0.717, 1.165) is 11.3 Å². The van der Waals surface area contributed by atoms with Crippen molar-refractivity contribution in [2.75, 3.05) is 25.3 Å². The van der Waals surface area contributed by atoms with E-state index in [0.29, 0.717) is 18.0 Å². The third-order valence-corrected chi connectivity index (χ3v) is 4.10. The van der Waals surface area contributed by atoms with Crippen molar-refractivity contribution in [2.24, 2.45) is 0 Å². The van der Waals surface area contributed by atoms with Crippen molar-refractivity contribution in [1.82, 2.24) is 4.90 Å². The maximum Gasteiger partial charge on any atom is 0.246 e. The average Bonchev–Trinajstić information content (AvgIpc) is 3.08. The summed E-state index contributed by atoms with van der Waals surface area (Å²) >= 11 is 0. The number of carbonyl (C=O) groups excluding carboxylic acids is 2. The minimum Gasteiger partial charge on any atom is -0.454 e. The Balaban J connectivity index is 1.69. The smallest absolute Gasteiger partial charge is 0.246 e. The standard InChI is InChI=1S/C19H20N2O4/c1-14(22)21(11-15-8-9-17-18(10-15)25-13-24-17)12-19(23)20(2)16-6-4-3-5-7-16/h3-10H,11-13H2,1-2H3. The lowest BCUT2D eigenvalue weighted by atomic mass is 10.2. The molecule has 0 aromatic heterocycles. The fraction of sp³-hybridized carbons (Fsp3) is 0.263. The highest BCUT2D eigenvalue weighted by atomic mass is 16.7. The van der Waals surface area contributed by atoms with E-state index in [9.17, 15) is 9.59 Å². The highest BCUT2D eigenvalue weighted by Gasteiger charge is 2.20. The normalized spacial score (nSPS) is 11.9. The second kappa shape index (κ2) is 7.25. The summed E-state index contributed by atoms with van der Waals surface area (Å²) in [6.07, 6.45) is 0. The highest BCUT2D eigenvalue weighted by molar-refractivity contribution is 5.96. The predicted molar refractivity (Wildman–Crippen MR) is 93.5 cm³/mol. The van der Waals surface area contributed by atoms with Crippen LogP contribution in [0.5, 0.6) is 11.5 Å². The van der Waals surface area contributed by atoms with Crippen molar-refractivity contribution >= 4 is 17.5 Å². The molecule has 0 fully saturated rings. The predicted octanol–water partition coefficient (Wildman–Crippen LogP) is 2.43. The van der Waals surface area contributed by atoms with Crippen LogP contribution in [0.3, 0.4) is 0 Å². The number of likely N-dealkylation sites (N-methyl/N-ethyl adjacent to an activating group) is 1. The van der Waals surface area contributed by atoms with Gasteiger partial charge in [-0.3, -0.25) is 9.59 Å². The summed E-state index contributed by atoms with van der Waals surface area (Å²) in [5.41, 5.74) is 1.67. The lowest BCUT2D eigenvalue weighted by molar-refractivity contribution is -0.133. The van der Waals surface area contributed by atoms with Crippen LogP contribution in [0.2, 0.25) is 0 Å². The monoisotopic (exact) mass is 340 g/mol. The fourth-order valence-electron chi connectivity index (χ4n) is 2.60. The van der Waals surface area contributed by atoms with Crippen molar-refractivity contribution in [3.63, 3.8) is 0 Å². The van der Waals surface area contributed by atoms with Crippen LogP contribution < -0.4 is 14.4 Å². The van der Waals surface area contributed by atoms with E-state index in [1.165, 1.54) is 11.8 Å². The second-order valence-electron chi connectivity index (χ2n) is 5.85. The maximum atomic E-state index is 12.5. The number of nitrogens with zero attached hydrogens (tertiary/aromatic N) is 2. The first-order valence-electron chi connectivity index (χ1n) is 8.00. The number of anilines is 1. The summed E-state index contributed by atoms with van der Waals surface area (Å²) in [5.74, 6) is 1.04. The minimum atomic E-state index is -0.160. The summed E-state index contributed by atoms with van der Waals surface area (Å²) in [7, 11) is 1.70. The molecule has 1 aliphatic rings. The lowest BCUT2D eigenvalue weighted by Gasteiger charge is -2.24. The van der Waals surface area contributed by atoms with Crippen LogP contribution in [0.25, 0.3) is 0 Å². The molecule has 2 aromatic rings. The number of fused-ring (bicyclic) bond motifs is 1.